The lowest BCUT2D eigenvalue weighted by Gasteiger charge is -2.19. The highest BCUT2D eigenvalue weighted by Crippen LogP contribution is 2.31. The molecule has 0 saturated heterocycles. The third kappa shape index (κ3) is 7.57. The minimum absolute atomic E-state index is 0.000782. The number of carbonyl (C=O) groups is 2. The van der Waals surface area contributed by atoms with Gasteiger partial charge in [-0.1, -0.05) is 65.8 Å². The number of benzene rings is 3. The highest BCUT2D eigenvalue weighted by Gasteiger charge is 2.30. The number of amides is 2. The number of anilines is 2. The maximum Gasteiger partial charge on any atom is 0.416 e. The molecule has 1 heterocycles. The summed E-state index contributed by atoms with van der Waals surface area (Å²) in [4.78, 5) is 26.0. The maximum atomic E-state index is 13.5. The molecule has 0 aliphatic rings. The molecule has 0 spiro atoms. The fourth-order valence-corrected chi connectivity index (χ4v) is 4.62. The van der Waals surface area contributed by atoms with Crippen LogP contribution in [0, 0.1) is 5.41 Å². The second kappa shape index (κ2) is 11.1. The van der Waals surface area contributed by atoms with Crippen molar-refractivity contribution in [2.45, 2.75) is 66.1 Å². The van der Waals surface area contributed by atoms with Crippen molar-refractivity contribution in [2.24, 2.45) is 5.41 Å². The van der Waals surface area contributed by atoms with Crippen LogP contribution in [0.3, 0.4) is 0 Å². The monoisotopic (exact) mass is 563 g/mol. The van der Waals surface area contributed by atoms with Crippen molar-refractivity contribution in [1.29, 1.82) is 0 Å². The van der Waals surface area contributed by atoms with Gasteiger partial charge in [-0.05, 0) is 70.5 Å². The minimum atomic E-state index is -4.46. The molecule has 0 aliphatic heterocycles. The molecule has 4 aromatic rings. The Bertz CT molecular complexity index is 1550. The second-order valence-electron chi connectivity index (χ2n) is 12.7. The van der Waals surface area contributed by atoms with Gasteiger partial charge in [0.25, 0.3) is 5.91 Å². The van der Waals surface area contributed by atoms with Gasteiger partial charge in [-0.25, -0.2) is 0 Å². The molecule has 216 valence electrons. The lowest BCUT2D eigenvalue weighted by Crippen LogP contribution is -2.19. The zero-order chi connectivity index (χ0) is 30.2. The molecule has 8 heteroatoms. The molecule has 41 heavy (non-hydrogen) atoms. The van der Waals surface area contributed by atoms with Gasteiger partial charge in [0.05, 0.1) is 5.56 Å². The van der Waals surface area contributed by atoms with Crippen LogP contribution in [0.5, 0.6) is 0 Å². The average molecular weight is 564 g/mol. The highest BCUT2D eigenvalue weighted by molar-refractivity contribution is 6.07. The van der Waals surface area contributed by atoms with Gasteiger partial charge in [0.15, 0.2) is 0 Å². The fraction of sp³-hybridized carbons (Fsp3) is 0.333. The Balaban J connectivity index is 1.68. The van der Waals surface area contributed by atoms with Gasteiger partial charge in [0.1, 0.15) is 5.69 Å². The van der Waals surface area contributed by atoms with Crippen molar-refractivity contribution in [3.63, 3.8) is 0 Å². The number of alkyl halides is 3. The zero-order valence-electron chi connectivity index (χ0n) is 24.2. The Morgan fingerprint density at radius 1 is 0.732 bits per heavy atom. The van der Waals surface area contributed by atoms with E-state index in [-0.39, 0.29) is 22.4 Å². The molecule has 0 fully saturated rings. The molecular formula is C33H36F3N3O2. The molecule has 4 rings (SSSR count). The van der Waals surface area contributed by atoms with Crippen LogP contribution >= 0.6 is 0 Å². The Morgan fingerprint density at radius 2 is 1.32 bits per heavy atom. The molecule has 5 nitrogen and oxygen atoms in total. The lowest BCUT2D eigenvalue weighted by molar-refractivity contribution is -0.137. The van der Waals surface area contributed by atoms with Gasteiger partial charge in [0.2, 0.25) is 5.91 Å². The smallest absolute Gasteiger partial charge is 0.332 e. The first-order valence-corrected chi connectivity index (χ1v) is 13.5. The topological polar surface area (TPSA) is 63.1 Å². The summed E-state index contributed by atoms with van der Waals surface area (Å²) >= 11 is 0. The number of carbonyl (C=O) groups excluding carboxylic acids is 2. The van der Waals surface area contributed by atoms with Crippen LogP contribution in [0.1, 0.15) is 75.1 Å². The number of hydrogen-bond acceptors (Lipinski definition) is 2. The van der Waals surface area contributed by atoms with E-state index in [1.54, 1.807) is 12.1 Å². The summed E-state index contributed by atoms with van der Waals surface area (Å²) < 4.78 is 40.8. The predicted octanol–water partition coefficient (Wildman–Crippen LogP) is 8.63. The number of aromatic nitrogens is 1. The number of rotatable bonds is 6. The zero-order valence-corrected chi connectivity index (χ0v) is 24.2. The molecule has 0 atom stereocenters. The van der Waals surface area contributed by atoms with E-state index in [9.17, 15) is 22.8 Å². The highest BCUT2D eigenvalue weighted by atomic mass is 19.4. The summed E-state index contributed by atoms with van der Waals surface area (Å²) in [6.07, 6.45) is -4.10. The van der Waals surface area contributed by atoms with Crippen LogP contribution in [0.4, 0.5) is 24.5 Å². The average Bonchev–Trinajstić information content (AvgIpc) is 3.20. The molecule has 0 bridgehead atoms. The van der Waals surface area contributed by atoms with Crippen molar-refractivity contribution in [3.05, 3.63) is 95.2 Å². The predicted molar refractivity (Wildman–Crippen MR) is 158 cm³/mol. The molecule has 1 aromatic heterocycles. The Labute approximate surface area is 238 Å². The van der Waals surface area contributed by atoms with E-state index >= 15 is 0 Å². The number of halogens is 3. The molecule has 0 saturated carbocycles. The third-order valence-electron chi connectivity index (χ3n) is 6.74. The van der Waals surface area contributed by atoms with Crippen molar-refractivity contribution in [3.8, 4) is 0 Å². The van der Waals surface area contributed by atoms with E-state index in [4.69, 9.17) is 0 Å². The summed E-state index contributed by atoms with van der Waals surface area (Å²) in [7, 11) is 0. The van der Waals surface area contributed by atoms with Gasteiger partial charge in [0, 0.05) is 35.2 Å². The maximum absolute atomic E-state index is 13.5. The van der Waals surface area contributed by atoms with E-state index < -0.39 is 17.6 Å². The van der Waals surface area contributed by atoms with E-state index in [1.165, 1.54) is 17.7 Å². The SMILES string of the molecule is CC(C)(C)CC(=O)Nc1ccc2c(c1)cc(C(=O)Nc1ccc(C(F)(F)F)cc1)n2Cc1ccc(C(C)(C)C)cc1. The Kier molecular flexibility index (Phi) is 8.07. The molecule has 2 amide bonds. The minimum Gasteiger partial charge on any atom is -0.332 e. The summed E-state index contributed by atoms with van der Waals surface area (Å²) in [6.45, 7) is 12.8. The van der Waals surface area contributed by atoms with Gasteiger partial charge >= 0.3 is 6.18 Å². The summed E-state index contributed by atoms with van der Waals surface area (Å²) in [5.74, 6) is -0.555. The van der Waals surface area contributed by atoms with Crippen molar-refractivity contribution < 1.29 is 22.8 Å². The van der Waals surface area contributed by atoms with Crippen molar-refractivity contribution >= 4 is 34.1 Å². The van der Waals surface area contributed by atoms with Crippen LogP contribution < -0.4 is 10.6 Å². The molecule has 0 unspecified atom stereocenters. The fourth-order valence-electron chi connectivity index (χ4n) is 4.62. The molecule has 0 aliphatic carbocycles. The quantitative estimate of drug-likeness (QED) is 0.247. The van der Waals surface area contributed by atoms with Gasteiger partial charge in [-0.15, -0.1) is 0 Å². The largest absolute Gasteiger partial charge is 0.416 e. The molecule has 0 radical (unpaired) electrons. The second-order valence-corrected chi connectivity index (χ2v) is 12.7. The Morgan fingerprint density at radius 3 is 1.88 bits per heavy atom. The molecular weight excluding hydrogens is 527 g/mol. The number of hydrogen-bond donors (Lipinski definition) is 2. The summed E-state index contributed by atoms with van der Waals surface area (Å²) in [6, 6.07) is 19.8. The Hall–Kier alpha value is -4.07. The van der Waals surface area contributed by atoms with Crippen LogP contribution in [-0.4, -0.2) is 16.4 Å². The normalized spacial score (nSPS) is 12.4. The van der Waals surface area contributed by atoms with E-state index in [0.29, 0.717) is 24.3 Å². The number of nitrogens with one attached hydrogen (secondary N) is 2. The van der Waals surface area contributed by atoms with Crippen LogP contribution in [0.15, 0.2) is 72.8 Å². The van der Waals surface area contributed by atoms with E-state index in [0.717, 1.165) is 28.6 Å². The van der Waals surface area contributed by atoms with Gasteiger partial charge in [-0.2, -0.15) is 13.2 Å². The first-order chi connectivity index (χ1) is 19.0. The molecule has 3 aromatic carbocycles. The summed E-state index contributed by atoms with van der Waals surface area (Å²) in [5.41, 5.74) is 3.23. The van der Waals surface area contributed by atoms with E-state index in [2.05, 4.69) is 43.5 Å². The van der Waals surface area contributed by atoms with Crippen LogP contribution in [-0.2, 0) is 22.9 Å². The van der Waals surface area contributed by atoms with Crippen molar-refractivity contribution in [2.75, 3.05) is 10.6 Å². The van der Waals surface area contributed by atoms with Crippen LogP contribution in [0.25, 0.3) is 10.9 Å². The number of nitrogens with zero attached hydrogens (tertiary/aromatic N) is 1. The van der Waals surface area contributed by atoms with Crippen molar-refractivity contribution in [1.82, 2.24) is 4.57 Å². The number of fused-ring (bicyclic) bond motifs is 1. The standard InChI is InChI=1S/C33H36F3N3O2/c1-31(2,3)19-29(40)37-26-15-16-27-22(17-26)18-28(30(41)38-25-13-11-24(12-14-25)33(34,35)36)39(27)20-21-7-9-23(10-8-21)32(4,5)6/h7-18H,19-20H2,1-6H3,(H,37,40)(H,38,41). The van der Waals surface area contributed by atoms with Crippen LogP contribution in [0.2, 0.25) is 0 Å². The summed E-state index contributed by atoms with van der Waals surface area (Å²) in [5, 5.41) is 6.42. The lowest BCUT2D eigenvalue weighted by atomic mass is 9.87. The molecule has 2 N–H and O–H groups in total. The van der Waals surface area contributed by atoms with Gasteiger partial charge < -0.3 is 15.2 Å². The third-order valence-corrected chi connectivity index (χ3v) is 6.74. The first kappa shape index (κ1) is 29.9. The van der Waals surface area contributed by atoms with E-state index in [1.807, 2.05) is 49.6 Å². The first-order valence-electron chi connectivity index (χ1n) is 13.5. The van der Waals surface area contributed by atoms with Gasteiger partial charge in [-0.3, -0.25) is 9.59 Å².